The minimum atomic E-state index is -0.332. The number of carbonyl (C=O) groups excluding carboxylic acids is 3. The fraction of sp³-hybridized carbons (Fsp3) is 0.200. The Balaban J connectivity index is 1.44. The van der Waals surface area contributed by atoms with Gasteiger partial charge in [0.15, 0.2) is 4.34 Å². The summed E-state index contributed by atoms with van der Waals surface area (Å²) in [6.45, 7) is 5.82. The molecule has 0 spiro atoms. The number of thioether (sulfide) groups is 1. The molecule has 3 amide bonds. The van der Waals surface area contributed by atoms with Gasteiger partial charge in [-0.05, 0) is 56.5 Å². The van der Waals surface area contributed by atoms with Crippen molar-refractivity contribution in [2.45, 2.75) is 30.6 Å². The minimum Gasteiger partial charge on any atom is -0.351 e. The molecule has 0 unspecified atom stereocenters. The van der Waals surface area contributed by atoms with Gasteiger partial charge in [0.2, 0.25) is 5.91 Å². The van der Waals surface area contributed by atoms with Gasteiger partial charge in [-0.3, -0.25) is 14.4 Å². The molecule has 33 heavy (non-hydrogen) atoms. The standard InChI is InChI=1S/C25H21N3O3S2/c1-25(2,3)27-20(29)13-32-24-26-18-11-10-15(12-19(18)33-24)28-22(30)16-8-4-6-14-7-5-9-17(21(14)16)23(28)31/h4-12H,13H2,1-3H3,(H,27,29). The van der Waals surface area contributed by atoms with Crippen molar-refractivity contribution in [2.24, 2.45) is 0 Å². The number of rotatable bonds is 4. The normalized spacial score (nSPS) is 13.7. The van der Waals surface area contributed by atoms with E-state index in [1.54, 1.807) is 18.2 Å². The van der Waals surface area contributed by atoms with Crippen LogP contribution in [-0.2, 0) is 4.79 Å². The zero-order valence-electron chi connectivity index (χ0n) is 18.3. The third-order valence-corrected chi connectivity index (χ3v) is 7.38. The van der Waals surface area contributed by atoms with Crippen molar-refractivity contribution < 1.29 is 14.4 Å². The first-order chi connectivity index (χ1) is 15.7. The number of hydrogen-bond acceptors (Lipinski definition) is 6. The lowest BCUT2D eigenvalue weighted by Crippen LogP contribution is -2.41. The largest absolute Gasteiger partial charge is 0.351 e. The molecule has 4 aromatic rings. The van der Waals surface area contributed by atoms with E-state index in [-0.39, 0.29) is 29.0 Å². The summed E-state index contributed by atoms with van der Waals surface area (Å²) in [5.74, 6) is -0.443. The molecule has 3 aromatic carbocycles. The van der Waals surface area contributed by atoms with Crippen LogP contribution in [0.1, 0.15) is 41.5 Å². The first-order valence-corrected chi connectivity index (χ1v) is 12.3. The fourth-order valence-corrected chi connectivity index (χ4v) is 5.84. The van der Waals surface area contributed by atoms with Crippen LogP contribution < -0.4 is 10.2 Å². The van der Waals surface area contributed by atoms with Gasteiger partial charge in [-0.1, -0.05) is 36.0 Å². The Bertz CT molecular complexity index is 1400. The van der Waals surface area contributed by atoms with Gasteiger partial charge in [0.05, 0.1) is 21.7 Å². The lowest BCUT2D eigenvalue weighted by molar-refractivity contribution is -0.119. The van der Waals surface area contributed by atoms with Gasteiger partial charge >= 0.3 is 0 Å². The number of hydrogen-bond donors (Lipinski definition) is 1. The zero-order chi connectivity index (χ0) is 23.3. The Kier molecular flexibility index (Phi) is 5.22. The van der Waals surface area contributed by atoms with Crippen molar-refractivity contribution in [1.29, 1.82) is 0 Å². The molecule has 5 rings (SSSR count). The summed E-state index contributed by atoms with van der Waals surface area (Å²) >= 11 is 2.81. The summed E-state index contributed by atoms with van der Waals surface area (Å²) in [6, 6.07) is 16.4. The highest BCUT2D eigenvalue weighted by atomic mass is 32.2. The van der Waals surface area contributed by atoms with Gasteiger partial charge in [-0.2, -0.15) is 0 Å². The molecule has 0 atom stereocenters. The van der Waals surface area contributed by atoms with E-state index in [1.165, 1.54) is 28.0 Å². The number of thiazole rings is 1. The van der Waals surface area contributed by atoms with Crippen LogP contribution in [0.2, 0.25) is 0 Å². The van der Waals surface area contributed by atoms with E-state index in [0.717, 1.165) is 19.9 Å². The number of anilines is 1. The molecule has 0 bridgehead atoms. The van der Waals surface area contributed by atoms with Crippen molar-refractivity contribution >= 4 is 67.5 Å². The van der Waals surface area contributed by atoms with Crippen LogP contribution in [-0.4, -0.2) is 34.0 Å². The van der Waals surface area contributed by atoms with E-state index >= 15 is 0 Å². The highest BCUT2D eigenvalue weighted by molar-refractivity contribution is 8.01. The average molecular weight is 476 g/mol. The Morgan fingerprint density at radius 3 is 2.33 bits per heavy atom. The van der Waals surface area contributed by atoms with Crippen LogP contribution in [0.25, 0.3) is 21.0 Å². The first-order valence-electron chi connectivity index (χ1n) is 10.5. The molecule has 1 aromatic heterocycles. The van der Waals surface area contributed by atoms with Gasteiger partial charge in [-0.15, -0.1) is 11.3 Å². The number of imide groups is 1. The second-order valence-corrected chi connectivity index (χ2v) is 11.1. The average Bonchev–Trinajstić information content (AvgIpc) is 3.17. The summed E-state index contributed by atoms with van der Waals surface area (Å²) in [5, 5.41) is 4.52. The summed E-state index contributed by atoms with van der Waals surface area (Å²) < 4.78 is 1.61. The minimum absolute atomic E-state index is 0.0511. The zero-order valence-corrected chi connectivity index (χ0v) is 20.0. The molecule has 0 radical (unpaired) electrons. The molecule has 0 fully saturated rings. The van der Waals surface area contributed by atoms with Gasteiger partial charge < -0.3 is 5.32 Å². The van der Waals surface area contributed by atoms with Gasteiger partial charge in [0, 0.05) is 22.1 Å². The Morgan fingerprint density at radius 1 is 1.03 bits per heavy atom. The van der Waals surface area contributed by atoms with Crippen LogP contribution >= 0.6 is 23.1 Å². The molecule has 1 aliphatic rings. The molecule has 0 saturated carbocycles. The quantitative estimate of drug-likeness (QED) is 0.322. The van der Waals surface area contributed by atoms with Crippen LogP contribution in [0, 0.1) is 0 Å². The summed E-state index contributed by atoms with van der Waals surface area (Å²) in [4.78, 5) is 44.5. The van der Waals surface area contributed by atoms with E-state index in [1.807, 2.05) is 57.2 Å². The predicted octanol–water partition coefficient (Wildman–Crippen LogP) is 5.26. The lowest BCUT2D eigenvalue weighted by atomic mass is 9.94. The molecule has 8 heteroatoms. The van der Waals surface area contributed by atoms with Gasteiger partial charge in [-0.25, -0.2) is 9.88 Å². The summed E-state index contributed by atoms with van der Waals surface area (Å²) in [6.07, 6.45) is 0. The van der Waals surface area contributed by atoms with E-state index in [4.69, 9.17) is 0 Å². The Labute approximate surface area is 199 Å². The highest BCUT2D eigenvalue weighted by Crippen LogP contribution is 2.36. The van der Waals surface area contributed by atoms with E-state index in [0.29, 0.717) is 22.2 Å². The fourth-order valence-electron chi connectivity index (χ4n) is 3.94. The lowest BCUT2D eigenvalue weighted by Gasteiger charge is -2.27. The Hall–Kier alpha value is -3.23. The van der Waals surface area contributed by atoms with Crippen molar-refractivity contribution in [1.82, 2.24) is 10.3 Å². The van der Waals surface area contributed by atoms with E-state index in [9.17, 15) is 14.4 Å². The van der Waals surface area contributed by atoms with Crippen LogP contribution in [0.5, 0.6) is 0 Å². The SMILES string of the molecule is CC(C)(C)NC(=O)CSc1nc2ccc(N3C(=O)c4cccc5cccc(c45)C3=O)cc2s1. The number of amides is 3. The van der Waals surface area contributed by atoms with Crippen molar-refractivity contribution in [2.75, 3.05) is 10.7 Å². The van der Waals surface area contributed by atoms with Crippen LogP contribution in [0.15, 0.2) is 58.9 Å². The smallest absolute Gasteiger partial charge is 0.265 e. The molecule has 0 aliphatic carbocycles. The topological polar surface area (TPSA) is 79.4 Å². The van der Waals surface area contributed by atoms with Crippen LogP contribution in [0.3, 0.4) is 0 Å². The maximum absolute atomic E-state index is 13.3. The summed E-state index contributed by atoms with van der Waals surface area (Å²) in [7, 11) is 0. The number of fused-ring (bicyclic) bond motifs is 1. The molecular weight excluding hydrogens is 454 g/mol. The third kappa shape index (κ3) is 4.00. The van der Waals surface area contributed by atoms with E-state index in [2.05, 4.69) is 10.3 Å². The molecule has 1 aliphatic heterocycles. The summed E-state index contributed by atoms with van der Waals surface area (Å²) in [5.41, 5.74) is 2.04. The van der Waals surface area contributed by atoms with Gasteiger partial charge in [0.25, 0.3) is 11.8 Å². The number of nitrogens with one attached hydrogen (secondary N) is 1. The number of nitrogens with zero attached hydrogens (tertiary/aromatic N) is 2. The Morgan fingerprint density at radius 2 is 1.70 bits per heavy atom. The monoisotopic (exact) mass is 475 g/mol. The number of benzene rings is 3. The molecule has 1 N–H and O–H groups in total. The molecular formula is C25H21N3O3S2. The maximum atomic E-state index is 13.3. The number of carbonyl (C=O) groups is 3. The second kappa shape index (κ2) is 7.97. The molecule has 6 nitrogen and oxygen atoms in total. The first kappa shape index (κ1) is 21.6. The van der Waals surface area contributed by atoms with Crippen molar-refractivity contribution in [3.05, 3.63) is 65.7 Å². The predicted molar refractivity (Wildman–Crippen MR) is 133 cm³/mol. The number of aromatic nitrogens is 1. The third-order valence-electron chi connectivity index (χ3n) is 5.22. The molecule has 166 valence electrons. The molecule has 0 saturated heterocycles. The van der Waals surface area contributed by atoms with Gasteiger partial charge in [0.1, 0.15) is 0 Å². The van der Waals surface area contributed by atoms with Crippen molar-refractivity contribution in [3.8, 4) is 0 Å². The maximum Gasteiger partial charge on any atom is 0.265 e. The molecule has 2 heterocycles. The van der Waals surface area contributed by atoms with Crippen molar-refractivity contribution in [3.63, 3.8) is 0 Å². The van der Waals surface area contributed by atoms with Crippen LogP contribution in [0.4, 0.5) is 5.69 Å². The highest BCUT2D eigenvalue weighted by Gasteiger charge is 2.34. The second-order valence-electron chi connectivity index (χ2n) is 8.87. The van der Waals surface area contributed by atoms with E-state index < -0.39 is 0 Å².